The van der Waals surface area contributed by atoms with E-state index < -0.39 is 8.32 Å². The molecule has 3 rings (SSSR count). The molecule has 1 aromatic carbocycles. The highest BCUT2D eigenvalue weighted by atomic mass is 28.4. The van der Waals surface area contributed by atoms with E-state index >= 15 is 0 Å². The first-order chi connectivity index (χ1) is 12.2. The average molecular weight is 376 g/mol. The van der Waals surface area contributed by atoms with Gasteiger partial charge in [0.25, 0.3) is 0 Å². The Hall–Kier alpha value is -1.93. The van der Waals surface area contributed by atoms with Gasteiger partial charge in [-0.15, -0.1) is 5.10 Å². The molecule has 0 bridgehead atoms. The van der Waals surface area contributed by atoms with Crippen LogP contribution in [0.25, 0.3) is 5.69 Å². The Morgan fingerprint density at radius 3 is 2.62 bits per heavy atom. The van der Waals surface area contributed by atoms with Crippen molar-refractivity contribution < 1.29 is 9.16 Å². The van der Waals surface area contributed by atoms with Crippen LogP contribution in [0, 0.1) is 0 Å². The number of benzene rings is 1. The third-order valence-electron chi connectivity index (χ3n) is 5.26. The number of anilines is 1. The van der Waals surface area contributed by atoms with Crippen LogP contribution in [0.3, 0.4) is 0 Å². The van der Waals surface area contributed by atoms with E-state index in [1.54, 1.807) is 4.68 Å². The molecule has 0 radical (unpaired) electrons. The summed E-state index contributed by atoms with van der Waals surface area (Å²) in [6.45, 7) is 12.2. The summed E-state index contributed by atoms with van der Waals surface area (Å²) in [5.41, 5.74) is 7.41. The molecule has 1 aromatic heterocycles. The number of nitrogens with zero attached hydrogens (tertiary/aromatic N) is 4. The second kappa shape index (κ2) is 7.00. The van der Waals surface area contributed by atoms with Gasteiger partial charge in [0.05, 0.1) is 6.61 Å². The Morgan fingerprint density at radius 2 is 1.96 bits per heavy atom. The van der Waals surface area contributed by atoms with Crippen molar-refractivity contribution in [3.8, 4) is 11.4 Å². The number of nitrogen functional groups attached to an aromatic ring is 1. The molecule has 0 amide bonds. The van der Waals surface area contributed by atoms with Crippen molar-refractivity contribution in [3.63, 3.8) is 0 Å². The van der Waals surface area contributed by atoms with Crippen molar-refractivity contribution in [2.75, 3.05) is 18.9 Å². The van der Waals surface area contributed by atoms with Gasteiger partial charge in [-0.25, -0.2) is 0 Å². The first kappa shape index (κ1) is 18.8. The van der Waals surface area contributed by atoms with Crippen LogP contribution >= 0.6 is 0 Å². The van der Waals surface area contributed by atoms with E-state index in [-0.39, 0.29) is 5.04 Å². The Balaban J connectivity index is 1.70. The molecule has 0 aliphatic heterocycles. The first-order valence-electron chi connectivity index (χ1n) is 9.14. The third kappa shape index (κ3) is 4.07. The fourth-order valence-electron chi connectivity index (χ4n) is 2.45. The summed E-state index contributed by atoms with van der Waals surface area (Å²) in [6.07, 6.45) is 2.25. The summed E-state index contributed by atoms with van der Waals surface area (Å²) in [5, 5.41) is 12.3. The molecule has 0 unspecified atom stereocenters. The van der Waals surface area contributed by atoms with Gasteiger partial charge in [-0.05, 0) is 59.6 Å². The lowest BCUT2D eigenvalue weighted by molar-refractivity contribution is 0.203. The number of nitrogens with two attached hydrogens (primary N) is 1. The van der Waals surface area contributed by atoms with Gasteiger partial charge in [0.15, 0.2) is 14.1 Å². The highest BCUT2D eigenvalue weighted by Gasteiger charge is 2.37. The summed E-state index contributed by atoms with van der Waals surface area (Å²) in [4.78, 5) is 0. The van der Waals surface area contributed by atoms with Gasteiger partial charge >= 0.3 is 0 Å². The van der Waals surface area contributed by atoms with Crippen molar-refractivity contribution in [1.82, 2.24) is 20.2 Å². The number of ether oxygens (including phenoxy) is 1. The number of tetrazole rings is 1. The molecular weight excluding hydrogens is 346 g/mol. The standard InChI is InChI=1S/C18H29N5O2Si/c1-18(2,3)26(4,5)25-11-10-24-16-9-8-14(19)12-15(16)23-17(13-6-7-13)20-21-22-23/h8-9,12-13H,6-7,10-11,19H2,1-5H3. The topological polar surface area (TPSA) is 88.1 Å². The number of aromatic nitrogens is 4. The van der Waals surface area contributed by atoms with Gasteiger partial charge in [-0.1, -0.05) is 20.8 Å². The Bertz CT molecular complexity index is 765. The van der Waals surface area contributed by atoms with E-state index in [1.807, 2.05) is 18.2 Å². The molecule has 1 aliphatic rings. The summed E-state index contributed by atoms with van der Waals surface area (Å²) in [5.74, 6) is 2.02. The van der Waals surface area contributed by atoms with E-state index in [4.69, 9.17) is 14.9 Å². The van der Waals surface area contributed by atoms with Crippen LogP contribution in [-0.2, 0) is 4.43 Å². The van der Waals surface area contributed by atoms with Crippen LogP contribution in [0.1, 0.15) is 45.4 Å². The average Bonchev–Trinajstić information content (AvgIpc) is 3.28. The van der Waals surface area contributed by atoms with E-state index in [2.05, 4.69) is 49.4 Å². The zero-order valence-corrected chi connectivity index (χ0v) is 17.3. The fraction of sp³-hybridized carbons (Fsp3) is 0.611. The quantitative estimate of drug-likeness (QED) is 0.452. The molecule has 1 saturated carbocycles. The van der Waals surface area contributed by atoms with Gasteiger partial charge in [-0.2, -0.15) is 4.68 Å². The Kier molecular flexibility index (Phi) is 5.07. The van der Waals surface area contributed by atoms with E-state index in [0.29, 0.717) is 30.6 Å². The van der Waals surface area contributed by atoms with Crippen molar-refractivity contribution in [2.45, 2.75) is 57.7 Å². The molecule has 2 N–H and O–H groups in total. The van der Waals surface area contributed by atoms with Crippen LogP contribution < -0.4 is 10.5 Å². The zero-order chi connectivity index (χ0) is 18.9. The van der Waals surface area contributed by atoms with Gasteiger partial charge in [0.1, 0.15) is 18.0 Å². The van der Waals surface area contributed by atoms with Crippen molar-refractivity contribution in [3.05, 3.63) is 24.0 Å². The molecule has 0 atom stereocenters. The summed E-state index contributed by atoms with van der Waals surface area (Å²) in [6, 6.07) is 5.55. The lowest BCUT2D eigenvalue weighted by atomic mass is 10.2. The Labute approximate surface area is 156 Å². The number of hydrogen-bond acceptors (Lipinski definition) is 6. The second-order valence-electron chi connectivity index (χ2n) is 8.41. The highest BCUT2D eigenvalue weighted by molar-refractivity contribution is 6.74. The van der Waals surface area contributed by atoms with Crippen LogP contribution in [-0.4, -0.2) is 41.7 Å². The van der Waals surface area contributed by atoms with Gasteiger partial charge in [-0.3, -0.25) is 0 Å². The molecule has 0 spiro atoms. The first-order valence-corrected chi connectivity index (χ1v) is 12.0. The van der Waals surface area contributed by atoms with Crippen LogP contribution in [0.15, 0.2) is 18.2 Å². The van der Waals surface area contributed by atoms with Crippen molar-refractivity contribution >= 4 is 14.0 Å². The largest absolute Gasteiger partial charge is 0.489 e. The van der Waals surface area contributed by atoms with Gasteiger partial charge in [0, 0.05) is 11.6 Å². The molecule has 0 saturated heterocycles. The zero-order valence-electron chi connectivity index (χ0n) is 16.3. The molecule has 1 fully saturated rings. The van der Waals surface area contributed by atoms with Crippen molar-refractivity contribution in [1.29, 1.82) is 0 Å². The lowest BCUT2D eigenvalue weighted by Crippen LogP contribution is -2.41. The Morgan fingerprint density at radius 1 is 1.23 bits per heavy atom. The molecular formula is C18H29N5O2Si. The summed E-state index contributed by atoms with van der Waals surface area (Å²) >= 11 is 0. The smallest absolute Gasteiger partial charge is 0.192 e. The SMILES string of the molecule is CC(C)(C)[Si](C)(C)OCCOc1ccc(N)cc1-n1nnnc1C1CC1. The lowest BCUT2D eigenvalue weighted by Gasteiger charge is -2.36. The summed E-state index contributed by atoms with van der Waals surface area (Å²) in [7, 11) is -1.77. The van der Waals surface area contributed by atoms with Gasteiger partial charge < -0.3 is 14.9 Å². The predicted octanol–water partition coefficient (Wildman–Crippen LogP) is 3.52. The fourth-order valence-corrected chi connectivity index (χ4v) is 3.48. The van der Waals surface area contributed by atoms with E-state index in [9.17, 15) is 0 Å². The molecule has 1 aliphatic carbocycles. The predicted molar refractivity (Wildman–Crippen MR) is 104 cm³/mol. The minimum Gasteiger partial charge on any atom is -0.489 e. The van der Waals surface area contributed by atoms with Gasteiger partial charge in [0.2, 0.25) is 0 Å². The minimum absolute atomic E-state index is 0.185. The van der Waals surface area contributed by atoms with Crippen LogP contribution in [0.5, 0.6) is 5.75 Å². The van der Waals surface area contributed by atoms with Crippen LogP contribution in [0.4, 0.5) is 5.69 Å². The molecule has 8 heteroatoms. The molecule has 26 heavy (non-hydrogen) atoms. The molecule has 7 nitrogen and oxygen atoms in total. The second-order valence-corrected chi connectivity index (χ2v) is 13.2. The maximum Gasteiger partial charge on any atom is 0.192 e. The van der Waals surface area contributed by atoms with Crippen molar-refractivity contribution in [2.24, 2.45) is 0 Å². The highest BCUT2D eigenvalue weighted by Crippen LogP contribution is 2.40. The molecule has 2 aromatic rings. The molecule has 142 valence electrons. The minimum atomic E-state index is -1.77. The maximum absolute atomic E-state index is 6.18. The normalized spacial score (nSPS) is 15.3. The third-order valence-corrected chi connectivity index (χ3v) is 9.80. The number of rotatable bonds is 7. The monoisotopic (exact) mass is 375 g/mol. The summed E-state index contributed by atoms with van der Waals surface area (Å²) < 4.78 is 13.9. The van der Waals surface area contributed by atoms with E-state index in [1.165, 1.54) is 0 Å². The number of hydrogen-bond donors (Lipinski definition) is 1. The molecule has 1 heterocycles. The van der Waals surface area contributed by atoms with E-state index in [0.717, 1.165) is 24.4 Å². The van der Waals surface area contributed by atoms with Crippen LogP contribution in [0.2, 0.25) is 18.1 Å². The maximum atomic E-state index is 6.18.